The van der Waals surface area contributed by atoms with E-state index in [0.717, 1.165) is 6.08 Å². The highest BCUT2D eigenvalue weighted by molar-refractivity contribution is 6.30. The van der Waals surface area contributed by atoms with Crippen molar-refractivity contribution in [3.8, 4) is 17.6 Å². The molecule has 0 spiro atoms. The SMILES string of the molecule is CC1(C)[C@@H]([C@H](C#N)c2cccc(Oc3ccccc3)c2)[C@@H]1/C=C(\Cl)C(F)(F)F. The van der Waals surface area contributed by atoms with Crippen LogP contribution < -0.4 is 4.74 Å². The number of allylic oxidation sites excluding steroid dienone is 2. The number of nitrogens with zero attached hydrogens (tertiary/aromatic N) is 1. The Kier molecular flexibility index (Phi) is 5.45. The van der Waals surface area contributed by atoms with Crippen LogP contribution in [0.1, 0.15) is 25.3 Å². The van der Waals surface area contributed by atoms with E-state index < -0.39 is 28.5 Å². The first-order valence-corrected chi connectivity index (χ1v) is 9.19. The van der Waals surface area contributed by atoms with Crippen LogP contribution in [-0.4, -0.2) is 6.18 Å². The first-order valence-electron chi connectivity index (χ1n) is 8.81. The van der Waals surface area contributed by atoms with Gasteiger partial charge < -0.3 is 4.74 Å². The van der Waals surface area contributed by atoms with Crippen LogP contribution in [0, 0.1) is 28.6 Å². The largest absolute Gasteiger partial charge is 0.457 e. The monoisotopic (exact) mass is 405 g/mol. The second-order valence-electron chi connectivity index (χ2n) is 7.48. The van der Waals surface area contributed by atoms with E-state index in [1.807, 2.05) is 44.2 Å². The number of hydrogen-bond donors (Lipinski definition) is 0. The molecule has 0 bridgehead atoms. The minimum Gasteiger partial charge on any atom is -0.457 e. The minimum absolute atomic E-state index is 0.263. The van der Waals surface area contributed by atoms with Crippen LogP contribution in [0.25, 0.3) is 0 Å². The molecule has 0 amide bonds. The number of hydrogen-bond acceptors (Lipinski definition) is 2. The van der Waals surface area contributed by atoms with Gasteiger partial charge in [-0.2, -0.15) is 18.4 Å². The predicted molar refractivity (Wildman–Crippen MR) is 102 cm³/mol. The van der Waals surface area contributed by atoms with E-state index in [4.69, 9.17) is 16.3 Å². The lowest BCUT2D eigenvalue weighted by Crippen LogP contribution is -2.07. The highest BCUT2D eigenvalue weighted by Gasteiger charge is 2.60. The van der Waals surface area contributed by atoms with Gasteiger partial charge in [0.25, 0.3) is 0 Å². The van der Waals surface area contributed by atoms with E-state index in [-0.39, 0.29) is 5.92 Å². The third-order valence-electron chi connectivity index (χ3n) is 5.29. The zero-order chi connectivity index (χ0) is 20.5. The normalized spacial score (nSPS) is 22.2. The van der Waals surface area contributed by atoms with Crippen molar-refractivity contribution in [2.45, 2.75) is 25.9 Å². The summed E-state index contributed by atoms with van der Waals surface area (Å²) in [6, 6.07) is 18.6. The molecule has 3 rings (SSSR count). The molecule has 0 heterocycles. The average molecular weight is 406 g/mol. The molecule has 0 aromatic heterocycles. The van der Waals surface area contributed by atoms with Gasteiger partial charge in [0.1, 0.15) is 16.5 Å². The molecule has 1 fully saturated rings. The maximum Gasteiger partial charge on any atom is 0.426 e. The fourth-order valence-electron chi connectivity index (χ4n) is 3.68. The Hall–Kier alpha value is -2.45. The molecule has 28 heavy (non-hydrogen) atoms. The predicted octanol–water partition coefficient (Wildman–Crippen LogP) is 7.04. The van der Waals surface area contributed by atoms with E-state index in [1.165, 1.54) is 0 Å². The zero-order valence-electron chi connectivity index (χ0n) is 15.4. The van der Waals surface area contributed by atoms with Gasteiger partial charge in [0.15, 0.2) is 0 Å². The summed E-state index contributed by atoms with van der Waals surface area (Å²) in [5.74, 6) is -0.0145. The van der Waals surface area contributed by atoms with Crippen molar-refractivity contribution < 1.29 is 17.9 Å². The van der Waals surface area contributed by atoms with Gasteiger partial charge in [-0.05, 0) is 47.1 Å². The molecule has 2 aromatic carbocycles. The fraction of sp³-hybridized carbons (Fsp3) is 0.318. The number of para-hydroxylation sites is 1. The van der Waals surface area contributed by atoms with E-state index in [9.17, 15) is 18.4 Å². The highest BCUT2D eigenvalue weighted by Crippen LogP contribution is 2.65. The maximum absolute atomic E-state index is 12.8. The van der Waals surface area contributed by atoms with Crippen LogP contribution >= 0.6 is 11.6 Å². The molecule has 1 aliphatic rings. The topological polar surface area (TPSA) is 33.0 Å². The van der Waals surface area contributed by atoms with Gasteiger partial charge in [0.05, 0.1) is 12.0 Å². The van der Waals surface area contributed by atoms with Gasteiger partial charge in [0.2, 0.25) is 0 Å². The smallest absolute Gasteiger partial charge is 0.426 e. The van der Waals surface area contributed by atoms with E-state index in [2.05, 4.69) is 6.07 Å². The molecule has 2 nitrogen and oxygen atoms in total. The first-order chi connectivity index (χ1) is 13.1. The Bertz CT molecular complexity index is 915. The number of benzene rings is 2. The molecule has 0 radical (unpaired) electrons. The molecule has 3 atom stereocenters. The lowest BCUT2D eigenvalue weighted by Gasteiger charge is -2.13. The van der Waals surface area contributed by atoms with Crippen LogP contribution in [-0.2, 0) is 0 Å². The Morgan fingerprint density at radius 1 is 1.14 bits per heavy atom. The van der Waals surface area contributed by atoms with Gasteiger partial charge in [-0.25, -0.2) is 0 Å². The summed E-state index contributed by atoms with van der Waals surface area (Å²) in [6.45, 7) is 3.71. The average Bonchev–Trinajstić information content (AvgIpc) is 3.16. The highest BCUT2D eigenvalue weighted by atomic mass is 35.5. The third-order valence-corrected chi connectivity index (χ3v) is 5.63. The van der Waals surface area contributed by atoms with E-state index in [1.54, 1.807) is 24.3 Å². The van der Waals surface area contributed by atoms with E-state index in [0.29, 0.717) is 17.1 Å². The van der Waals surface area contributed by atoms with E-state index >= 15 is 0 Å². The van der Waals surface area contributed by atoms with Crippen LogP contribution in [0.3, 0.4) is 0 Å². The van der Waals surface area contributed by atoms with Crippen LogP contribution in [0.5, 0.6) is 11.5 Å². The van der Waals surface area contributed by atoms with Crippen LogP contribution in [0.4, 0.5) is 13.2 Å². The summed E-state index contributed by atoms with van der Waals surface area (Å²) in [7, 11) is 0. The molecule has 2 aromatic rings. The number of ether oxygens (including phenoxy) is 1. The van der Waals surface area contributed by atoms with Gasteiger partial charge in [-0.3, -0.25) is 0 Å². The molecule has 0 aliphatic heterocycles. The molecule has 1 aliphatic carbocycles. The minimum atomic E-state index is -4.57. The Morgan fingerprint density at radius 3 is 2.39 bits per heavy atom. The standard InChI is InChI=1S/C22H19ClF3NO/c1-21(2)18(12-19(23)22(24,25)26)20(21)17(13-27)14-7-6-10-16(11-14)28-15-8-4-3-5-9-15/h3-12,17-18,20H,1-2H3/b19-12-/t17-,18+,20+/m1/s1. The Labute approximate surface area is 167 Å². The zero-order valence-corrected chi connectivity index (χ0v) is 16.1. The Morgan fingerprint density at radius 2 is 1.79 bits per heavy atom. The molecule has 6 heteroatoms. The van der Waals surface area contributed by atoms with Crippen LogP contribution in [0.2, 0.25) is 0 Å². The lowest BCUT2D eigenvalue weighted by atomic mass is 9.91. The Balaban J connectivity index is 1.84. The number of alkyl halides is 3. The van der Waals surface area contributed by atoms with Gasteiger partial charge in [0, 0.05) is 0 Å². The molecule has 0 saturated heterocycles. The van der Waals surface area contributed by atoms with Crippen molar-refractivity contribution in [1.82, 2.24) is 0 Å². The summed E-state index contributed by atoms with van der Waals surface area (Å²) < 4.78 is 44.2. The second-order valence-corrected chi connectivity index (χ2v) is 7.89. The third kappa shape index (κ3) is 4.18. The molecule has 146 valence electrons. The summed E-state index contributed by atoms with van der Waals surface area (Å²) in [5.41, 5.74) is 0.260. The van der Waals surface area contributed by atoms with Crippen molar-refractivity contribution in [2.75, 3.05) is 0 Å². The van der Waals surface area contributed by atoms with Crippen molar-refractivity contribution in [3.63, 3.8) is 0 Å². The number of nitriles is 1. The van der Waals surface area contributed by atoms with Crippen molar-refractivity contribution in [2.24, 2.45) is 17.3 Å². The summed E-state index contributed by atoms with van der Waals surface area (Å²) >= 11 is 5.43. The fourth-order valence-corrected chi connectivity index (χ4v) is 3.82. The second kappa shape index (κ2) is 7.52. The van der Waals surface area contributed by atoms with Crippen molar-refractivity contribution in [1.29, 1.82) is 5.26 Å². The summed E-state index contributed by atoms with van der Waals surface area (Å²) in [4.78, 5) is 0. The molecule has 0 unspecified atom stereocenters. The number of rotatable bonds is 5. The molecule has 1 saturated carbocycles. The summed E-state index contributed by atoms with van der Waals surface area (Å²) in [5, 5.41) is 8.61. The van der Waals surface area contributed by atoms with Crippen LogP contribution in [0.15, 0.2) is 65.7 Å². The molecular weight excluding hydrogens is 387 g/mol. The van der Waals surface area contributed by atoms with Gasteiger partial charge >= 0.3 is 6.18 Å². The van der Waals surface area contributed by atoms with Crippen molar-refractivity contribution in [3.05, 3.63) is 71.3 Å². The molecular formula is C22H19ClF3NO. The van der Waals surface area contributed by atoms with Gasteiger partial charge in [-0.1, -0.05) is 61.9 Å². The van der Waals surface area contributed by atoms with Gasteiger partial charge in [-0.15, -0.1) is 0 Å². The quantitative estimate of drug-likeness (QED) is 0.534. The molecule has 0 N–H and O–H groups in total. The maximum atomic E-state index is 12.8. The first kappa shape index (κ1) is 20.3. The summed E-state index contributed by atoms with van der Waals surface area (Å²) in [6.07, 6.45) is -3.53. The lowest BCUT2D eigenvalue weighted by molar-refractivity contribution is -0.0848. The van der Waals surface area contributed by atoms with Crippen molar-refractivity contribution >= 4 is 11.6 Å². The number of halogens is 4.